The van der Waals surface area contributed by atoms with Crippen LogP contribution in [-0.2, 0) is 9.53 Å². The fourth-order valence-electron chi connectivity index (χ4n) is 1.80. The lowest BCUT2D eigenvalue weighted by molar-refractivity contribution is -0.198. The predicted molar refractivity (Wildman–Crippen MR) is 72.2 cm³/mol. The van der Waals surface area contributed by atoms with Gasteiger partial charge in [-0.05, 0) is 24.3 Å². The molecule has 0 saturated heterocycles. The Bertz CT molecular complexity index is 499. The van der Waals surface area contributed by atoms with Crippen LogP contribution in [0.1, 0.15) is 6.42 Å². The van der Waals surface area contributed by atoms with Gasteiger partial charge in [0.2, 0.25) is 5.54 Å². The number of ether oxygens (including phenoxy) is 2. The third-order valence-corrected chi connectivity index (χ3v) is 2.92. The van der Waals surface area contributed by atoms with Gasteiger partial charge in [-0.1, -0.05) is 6.08 Å². The zero-order chi connectivity index (χ0) is 16.1. The van der Waals surface area contributed by atoms with Gasteiger partial charge in [-0.2, -0.15) is 13.2 Å². The van der Waals surface area contributed by atoms with Crippen molar-refractivity contribution in [1.82, 2.24) is 0 Å². The highest BCUT2D eigenvalue weighted by atomic mass is 19.4. The van der Waals surface area contributed by atoms with Crippen molar-refractivity contribution in [1.29, 1.82) is 0 Å². The van der Waals surface area contributed by atoms with Gasteiger partial charge < -0.3 is 14.8 Å². The maximum Gasteiger partial charge on any atom is 0.422 e. The van der Waals surface area contributed by atoms with Gasteiger partial charge >= 0.3 is 12.1 Å². The number of halogens is 3. The van der Waals surface area contributed by atoms with Crippen molar-refractivity contribution < 1.29 is 27.4 Å². The van der Waals surface area contributed by atoms with E-state index in [0.717, 1.165) is 13.2 Å². The Morgan fingerprint density at radius 3 is 2.24 bits per heavy atom. The quantitative estimate of drug-likeness (QED) is 0.648. The molecule has 0 aromatic heterocycles. The molecule has 0 aliphatic carbocycles. The number of anilines is 1. The van der Waals surface area contributed by atoms with Gasteiger partial charge in [-0.3, -0.25) is 0 Å². The summed E-state index contributed by atoms with van der Waals surface area (Å²) >= 11 is 0. The van der Waals surface area contributed by atoms with Crippen LogP contribution in [0.15, 0.2) is 36.9 Å². The summed E-state index contributed by atoms with van der Waals surface area (Å²) < 4.78 is 49.4. The zero-order valence-electron chi connectivity index (χ0n) is 11.7. The van der Waals surface area contributed by atoms with Crippen LogP contribution >= 0.6 is 0 Å². The number of methoxy groups -OCH3 is 2. The lowest BCUT2D eigenvalue weighted by atomic mass is 9.93. The summed E-state index contributed by atoms with van der Waals surface area (Å²) in [4.78, 5) is 11.7. The molecular formula is C14H16F3NO3. The molecule has 0 bridgehead atoms. The maximum absolute atomic E-state index is 13.4. The smallest absolute Gasteiger partial charge is 0.422 e. The average molecular weight is 303 g/mol. The number of alkyl halides is 3. The first kappa shape index (κ1) is 16.9. The normalized spacial score (nSPS) is 14.0. The molecule has 0 amide bonds. The zero-order valence-corrected chi connectivity index (χ0v) is 11.7. The van der Waals surface area contributed by atoms with Crippen LogP contribution in [0.3, 0.4) is 0 Å². The molecule has 0 fully saturated rings. The molecule has 7 heteroatoms. The van der Waals surface area contributed by atoms with E-state index in [4.69, 9.17) is 4.74 Å². The SMILES string of the molecule is C=CCC(Nc1ccc(OC)cc1)(C(=O)OC)C(F)(F)F. The molecule has 0 radical (unpaired) electrons. The standard InChI is InChI=1S/C14H16F3NO3/c1-4-9-13(12(19)21-3,14(15,16)17)18-10-5-7-11(20-2)8-6-10/h4-8,18H,1,9H2,2-3H3. The number of hydrogen-bond donors (Lipinski definition) is 1. The number of esters is 1. The topological polar surface area (TPSA) is 47.6 Å². The minimum Gasteiger partial charge on any atom is -0.497 e. The van der Waals surface area contributed by atoms with Crippen LogP contribution in [0.4, 0.5) is 18.9 Å². The van der Waals surface area contributed by atoms with E-state index in [1.54, 1.807) is 0 Å². The van der Waals surface area contributed by atoms with Crippen LogP contribution < -0.4 is 10.1 Å². The van der Waals surface area contributed by atoms with Crippen molar-refractivity contribution in [2.24, 2.45) is 0 Å². The van der Waals surface area contributed by atoms with Crippen LogP contribution in [0, 0.1) is 0 Å². The predicted octanol–water partition coefficient (Wildman–Crippen LogP) is 3.16. The molecule has 0 saturated carbocycles. The van der Waals surface area contributed by atoms with Gasteiger partial charge in [0.05, 0.1) is 14.2 Å². The fourth-order valence-corrected chi connectivity index (χ4v) is 1.80. The molecule has 0 spiro atoms. The van der Waals surface area contributed by atoms with E-state index in [1.165, 1.54) is 31.4 Å². The summed E-state index contributed by atoms with van der Waals surface area (Å²) in [6, 6.07) is 5.72. The lowest BCUT2D eigenvalue weighted by Gasteiger charge is -2.33. The monoisotopic (exact) mass is 303 g/mol. The van der Waals surface area contributed by atoms with E-state index in [0.29, 0.717) is 5.75 Å². The van der Waals surface area contributed by atoms with E-state index in [-0.39, 0.29) is 5.69 Å². The highest BCUT2D eigenvalue weighted by Crippen LogP contribution is 2.38. The molecule has 1 aromatic carbocycles. The van der Waals surface area contributed by atoms with Crippen molar-refractivity contribution in [3.63, 3.8) is 0 Å². The number of hydrogen-bond acceptors (Lipinski definition) is 4. The molecule has 0 heterocycles. The second-order valence-corrected chi connectivity index (χ2v) is 4.24. The number of carbonyl (C=O) groups excluding carboxylic acids is 1. The molecule has 1 atom stereocenters. The van der Waals surface area contributed by atoms with Crippen LogP contribution in [0.25, 0.3) is 0 Å². The van der Waals surface area contributed by atoms with E-state index in [2.05, 4.69) is 16.6 Å². The number of nitrogens with one attached hydrogen (secondary N) is 1. The third kappa shape index (κ3) is 3.48. The van der Waals surface area contributed by atoms with Gasteiger partial charge in [0, 0.05) is 12.1 Å². The van der Waals surface area contributed by atoms with Crippen LogP contribution in [-0.4, -0.2) is 31.9 Å². The molecule has 4 nitrogen and oxygen atoms in total. The van der Waals surface area contributed by atoms with E-state index in [9.17, 15) is 18.0 Å². The number of benzene rings is 1. The van der Waals surface area contributed by atoms with Crippen molar-refractivity contribution in [3.05, 3.63) is 36.9 Å². The van der Waals surface area contributed by atoms with E-state index >= 15 is 0 Å². The van der Waals surface area contributed by atoms with E-state index < -0.39 is 24.1 Å². The number of carbonyl (C=O) groups is 1. The largest absolute Gasteiger partial charge is 0.497 e. The summed E-state index contributed by atoms with van der Waals surface area (Å²) in [5, 5.41) is 2.21. The van der Waals surface area contributed by atoms with Crippen molar-refractivity contribution in [2.45, 2.75) is 18.1 Å². The summed E-state index contributed by atoms with van der Waals surface area (Å²) in [6.07, 6.45) is -4.50. The first-order valence-electron chi connectivity index (χ1n) is 5.99. The van der Waals surface area contributed by atoms with Crippen molar-refractivity contribution in [2.75, 3.05) is 19.5 Å². The van der Waals surface area contributed by atoms with E-state index in [1.807, 2.05) is 0 Å². The van der Waals surface area contributed by atoms with Gasteiger partial charge in [-0.25, -0.2) is 4.79 Å². The maximum atomic E-state index is 13.4. The lowest BCUT2D eigenvalue weighted by Crippen LogP contribution is -2.58. The van der Waals surface area contributed by atoms with Crippen LogP contribution in [0.5, 0.6) is 5.75 Å². The first-order valence-corrected chi connectivity index (χ1v) is 5.99. The number of rotatable bonds is 6. The molecule has 0 aliphatic rings. The minimum absolute atomic E-state index is 0.111. The van der Waals surface area contributed by atoms with Crippen molar-refractivity contribution in [3.8, 4) is 5.75 Å². The highest BCUT2D eigenvalue weighted by Gasteiger charge is 2.61. The van der Waals surface area contributed by atoms with Gasteiger partial charge in [-0.15, -0.1) is 6.58 Å². The van der Waals surface area contributed by atoms with Gasteiger partial charge in [0.25, 0.3) is 0 Å². The van der Waals surface area contributed by atoms with Gasteiger partial charge in [0.1, 0.15) is 5.75 Å². The second kappa shape index (κ2) is 6.51. The third-order valence-electron chi connectivity index (χ3n) is 2.92. The molecular weight excluding hydrogens is 287 g/mol. The van der Waals surface area contributed by atoms with Gasteiger partial charge in [0.15, 0.2) is 0 Å². The average Bonchev–Trinajstić information content (AvgIpc) is 2.45. The molecule has 1 unspecified atom stereocenters. The summed E-state index contributed by atoms with van der Waals surface area (Å²) in [7, 11) is 2.34. The van der Waals surface area contributed by atoms with Crippen LogP contribution in [0.2, 0.25) is 0 Å². The molecule has 1 rings (SSSR count). The Labute approximate surface area is 120 Å². The Balaban J connectivity index is 3.22. The molecule has 1 N–H and O–H groups in total. The summed E-state index contributed by atoms with van der Waals surface area (Å²) in [5.41, 5.74) is -2.77. The Morgan fingerprint density at radius 1 is 1.29 bits per heavy atom. The Hall–Kier alpha value is -2.18. The fraction of sp³-hybridized carbons (Fsp3) is 0.357. The first-order chi connectivity index (χ1) is 9.80. The second-order valence-electron chi connectivity index (χ2n) is 4.24. The Morgan fingerprint density at radius 2 is 1.86 bits per heavy atom. The molecule has 0 aliphatic heterocycles. The van der Waals surface area contributed by atoms with Crippen molar-refractivity contribution >= 4 is 11.7 Å². The molecule has 116 valence electrons. The molecule has 1 aromatic rings. The Kier molecular flexibility index (Phi) is 5.23. The molecule has 21 heavy (non-hydrogen) atoms. The summed E-state index contributed by atoms with van der Waals surface area (Å²) in [6.45, 7) is 3.28. The summed E-state index contributed by atoms with van der Waals surface area (Å²) in [5.74, 6) is -0.939. The highest BCUT2D eigenvalue weighted by molar-refractivity contribution is 5.86. The minimum atomic E-state index is -4.85.